The number of carbonyl (C=O) groups is 1. The third kappa shape index (κ3) is 3.10. The second-order valence-corrected chi connectivity index (χ2v) is 7.33. The van der Waals surface area contributed by atoms with E-state index < -0.39 is 0 Å². The van der Waals surface area contributed by atoms with Gasteiger partial charge in [-0.3, -0.25) is 4.79 Å². The summed E-state index contributed by atoms with van der Waals surface area (Å²) < 4.78 is 7.86. The van der Waals surface area contributed by atoms with Gasteiger partial charge in [-0.15, -0.1) is 10.2 Å². The number of aromatic nitrogens is 3. The fraction of sp³-hybridized carbons (Fsp3) is 0.632. The molecule has 4 heterocycles. The molecule has 1 fully saturated rings. The van der Waals surface area contributed by atoms with Crippen molar-refractivity contribution in [2.24, 2.45) is 0 Å². The average Bonchev–Trinajstić information content (AvgIpc) is 3.08. The monoisotopic (exact) mass is 342 g/mol. The summed E-state index contributed by atoms with van der Waals surface area (Å²) >= 11 is 0. The standard InChI is InChI=1S/C19H26N4O2/c1-13-12-16(14(2)25-13)19(24)22-10-7-15(8-11-22)18-21-20-17-6-4-3-5-9-23(17)18/h12,15H,3-11H2,1-2H3. The van der Waals surface area contributed by atoms with Gasteiger partial charge in [0.15, 0.2) is 0 Å². The lowest BCUT2D eigenvalue weighted by Crippen LogP contribution is -2.38. The predicted octanol–water partition coefficient (Wildman–Crippen LogP) is 3.23. The Hall–Kier alpha value is -2.11. The van der Waals surface area contributed by atoms with Crippen LogP contribution in [0.5, 0.6) is 0 Å². The number of furan rings is 1. The molecular formula is C19H26N4O2. The summed E-state index contributed by atoms with van der Waals surface area (Å²) in [6.07, 6.45) is 6.67. The number of piperidine rings is 1. The van der Waals surface area contributed by atoms with E-state index in [9.17, 15) is 4.79 Å². The van der Waals surface area contributed by atoms with E-state index in [-0.39, 0.29) is 5.91 Å². The quantitative estimate of drug-likeness (QED) is 0.840. The van der Waals surface area contributed by atoms with Crippen molar-refractivity contribution in [1.82, 2.24) is 19.7 Å². The van der Waals surface area contributed by atoms with E-state index in [1.54, 1.807) is 0 Å². The summed E-state index contributed by atoms with van der Waals surface area (Å²) in [6, 6.07) is 1.85. The minimum Gasteiger partial charge on any atom is -0.466 e. The summed E-state index contributed by atoms with van der Waals surface area (Å²) in [5.74, 6) is 4.30. The molecule has 134 valence electrons. The Morgan fingerprint density at radius 1 is 1.12 bits per heavy atom. The molecule has 0 atom stereocenters. The lowest BCUT2D eigenvalue weighted by Gasteiger charge is -2.31. The zero-order valence-electron chi connectivity index (χ0n) is 15.1. The molecule has 1 amide bonds. The van der Waals surface area contributed by atoms with Crippen molar-refractivity contribution in [1.29, 1.82) is 0 Å². The first-order valence-electron chi connectivity index (χ1n) is 9.42. The Morgan fingerprint density at radius 3 is 2.64 bits per heavy atom. The van der Waals surface area contributed by atoms with Crippen LogP contribution in [0.3, 0.4) is 0 Å². The van der Waals surface area contributed by atoms with E-state index in [1.807, 2.05) is 24.8 Å². The Bertz CT molecular complexity index is 768. The van der Waals surface area contributed by atoms with Crippen LogP contribution in [0.4, 0.5) is 0 Å². The highest BCUT2D eigenvalue weighted by atomic mass is 16.3. The number of amides is 1. The highest BCUT2D eigenvalue weighted by Crippen LogP contribution is 2.30. The van der Waals surface area contributed by atoms with Crippen molar-refractivity contribution < 1.29 is 9.21 Å². The van der Waals surface area contributed by atoms with Gasteiger partial charge in [0.05, 0.1) is 5.56 Å². The second kappa shape index (κ2) is 6.65. The van der Waals surface area contributed by atoms with Gasteiger partial charge in [0.2, 0.25) is 0 Å². The first-order chi connectivity index (χ1) is 12.1. The third-order valence-electron chi connectivity index (χ3n) is 5.56. The van der Waals surface area contributed by atoms with Gasteiger partial charge in [-0.2, -0.15) is 0 Å². The van der Waals surface area contributed by atoms with Crippen LogP contribution in [0, 0.1) is 13.8 Å². The molecule has 0 saturated carbocycles. The number of fused-ring (bicyclic) bond motifs is 1. The highest BCUT2D eigenvalue weighted by Gasteiger charge is 2.30. The molecule has 2 aromatic rings. The number of nitrogens with zero attached hydrogens (tertiary/aromatic N) is 4. The van der Waals surface area contributed by atoms with Gasteiger partial charge < -0.3 is 13.9 Å². The maximum atomic E-state index is 12.7. The zero-order valence-corrected chi connectivity index (χ0v) is 15.1. The van der Waals surface area contributed by atoms with Crippen LogP contribution in [-0.2, 0) is 13.0 Å². The maximum absolute atomic E-state index is 12.7. The molecule has 1 saturated heterocycles. The van der Waals surface area contributed by atoms with Gasteiger partial charge in [0.25, 0.3) is 5.91 Å². The van der Waals surface area contributed by atoms with E-state index in [1.165, 1.54) is 19.3 Å². The number of carbonyl (C=O) groups excluding carboxylic acids is 1. The van der Waals surface area contributed by atoms with E-state index in [4.69, 9.17) is 4.42 Å². The fourth-order valence-electron chi connectivity index (χ4n) is 4.16. The van der Waals surface area contributed by atoms with Crippen molar-refractivity contribution in [2.75, 3.05) is 13.1 Å². The van der Waals surface area contributed by atoms with Crippen molar-refractivity contribution in [3.63, 3.8) is 0 Å². The average molecular weight is 342 g/mol. The summed E-state index contributed by atoms with van der Waals surface area (Å²) in [6.45, 7) is 6.33. The van der Waals surface area contributed by atoms with Gasteiger partial charge in [-0.05, 0) is 45.6 Å². The summed E-state index contributed by atoms with van der Waals surface area (Å²) in [5, 5.41) is 8.93. The molecule has 0 unspecified atom stereocenters. The molecule has 2 aromatic heterocycles. The molecular weight excluding hydrogens is 316 g/mol. The lowest BCUT2D eigenvalue weighted by molar-refractivity contribution is 0.0708. The Morgan fingerprint density at radius 2 is 1.92 bits per heavy atom. The predicted molar refractivity (Wildman–Crippen MR) is 93.6 cm³/mol. The molecule has 0 N–H and O–H groups in total. The van der Waals surface area contributed by atoms with Gasteiger partial charge in [-0.1, -0.05) is 6.42 Å². The molecule has 6 heteroatoms. The molecule has 0 bridgehead atoms. The fourth-order valence-corrected chi connectivity index (χ4v) is 4.16. The first-order valence-corrected chi connectivity index (χ1v) is 9.42. The minimum absolute atomic E-state index is 0.0906. The molecule has 0 spiro atoms. The summed E-state index contributed by atoms with van der Waals surface area (Å²) in [4.78, 5) is 14.7. The number of rotatable bonds is 2. The van der Waals surface area contributed by atoms with Crippen LogP contribution in [0.1, 0.15) is 71.5 Å². The summed E-state index contributed by atoms with van der Waals surface area (Å²) in [7, 11) is 0. The van der Waals surface area contributed by atoms with Crippen LogP contribution in [0.25, 0.3) is 0 Å². The highest BCUT2D eigenvalue weighted by molar-refractivity contribution is 5.95. The van der Waals surface area contributed by atoms with Crippen molar-refractivity contribution >= 4 is 5.91 Å². The number of aryl methyl sites for hydroxylation is 3. The molecule has 2 aliphatic rings. The minimum atomic E-state index is 0.0906. The summed E-state index contributed by atoms with van der Waals surface area (Å²) in [5.41, 5.74) is 0.701. The molecule has 0 aromatic carbocycles. The van der Waals surface area contributed by atoms with Crippen LogP contribution in [0.2, 0.25) is 0 Å². The van der Waals surface area contributed by atoms with Gasteiger partial charge in [-0.25, -0.2) is 0 Å². The van der Waals surface area contributed by atoms with Crippen LogP contribution in [0.15, 0.2) is 10.5 Å². The number of hydrogen-bond donors (Lipinski definition) is 0. The van der Waals surface area contributed by atoms with Crippen molar-refractivity contribution in [3.8, 4) is 0 Å². The lowest BCUT2D eigenvalue weighted by atomic mass is 9.95. The number of likely N-dealkylation sites (tertiary alicyclic amines) is 1. The zero-order chi connectivity index (χ0) is 17.4. The van der Waals surface area contributed by atoms with E-state index >= 15 is 0 Å². The third-order valence-corrected chi connectivity index (χ3v) is 5.56. The molecule has 0 aliphatic carbocycles. The van der Waals surface area contributed by atoms with Crippen LogP contribution in [-0.4, -0.2) is 38.7 Å². The molecule has 2 aliphatic heterocycles. The van der Waals surface area contributed by atoms with Gasteiger partial charge in [0.1, 0.15) is 23.2 Å². The smallest absolute Gasteiger partial charge is 0.257 e. The normalized spacial score (nSPS) is 18.9. The topological polar surface area (TPSA) is 64.2 Å². The van der Waals surface area contributed by atoms with Gasteiger partial charge >= 0.3 is 0 Å². The SMILES string of the molecule is Cc1cc(C(=O)N2CCC(c3nnc4n3CCCCC4)CC2)c(C)o1. The van der Waals surface area contributed by atoms with Gasteiger partial charge in [0, 0.05) is 32.0 Å². The number of hydrogen-bond acceptors (Lipinski definition) is 4. The maximum Gasteiger partial charge on any atom is 0.257 e. The molecule has 6 nitrogen and oxygen atoms in total. The Labute approximate surface area is 148 Å². The molecule has 25 heavy (non-hydrogen) atoms. The Balaban J connectivity index is 1.44. The van der Waals surface area contributed by atoms with Crippen molar-refractivity contribution in [2.45, 2.75) is 64.8 Å². The Kier molecular flexibility index (Phi) is 4.36. The van der Waals surface area contributed by atoms with Crippen LogP contribution < -0.4 is 0 Å². The molecule has 4 rings (SSSR count). The largest absolute Gasteiger partial charge is 0.466 e. The van der Waals surface area contributed by atoms with E-state index in [0.717, 1.165) is 56.3 Å². The van der Waals surface area contributed by atoms with E-state index in [2.05, 4.69) is 14.8 Å². The second-order valence-electron chi connectivity index (χ2n) is 7.33. The molecule has 0 radical (unpaired) electrons. The van der Waals surface area contributed by atoms with Crippen molar-refractivity contribution in [3.05, 3.63) is 34.8 Å². The van der Waals surface area contributed by atoms with Crippen LogP contribution >= 0.6 is 0 Å². The first kappa shape index (κ1) is 16.4. The van der Waals surface area contributed by atoms with E-state index in [0.29, 0.717) is 17.2 Å².